The van der Waals surface area contributed by atoms with Gasteiger partial charge in [0.25, 0.3) is 0 Å². The third-order valence-corrected chi connectivity index (χ3v) is 5.52. The lowest BCUT2D eigenvalue weighted by Crippen LogP contribution is -2.62. The zero-order chi connectivity index (χ0) is 12.5. The van der Waals surface area contributed by atoms with Crippen LogP contribution in [0.3, 0.4) is 0 Å². The molecular weight excluding hydrogens is 230 g/mol. The van der Waals surface area contributed by atoms with Crippen LogP contribution in [0.5, 0.6) is 0 Å². The van der Waals surface area contributed by atoms with E-state index in [9.17, 15) is 0 Å². The van der Waals surface area contributed by atoms with Gasteiger partial charge in [-0.05, 0) is 24.6 Å². The first-order valence-electron chi connectivity index (χ1n) is 6.76. The van der Waals surface area contributed by atoms with Crippen LogP contribution >= 0.6 is 11.8 Å². The quantitative estimate of drug-likeness (QED) is 0.803. The molecule has 0 bridgehead atoms. The Bertz CT molecular complexity index is 257. The number of hydrogen-bond donors (Lipinski definition) is 1. The normalized spacial score (nSPS) is 36.0. The minimum atomic E-state index is 0.453. The molecule has 0 spiro atoms. The molecule has 2 aliphatic rings. The molecule has 0 radical (unpaired) electrons. The number of hydrogen-bond acceptors (Lipinski definition) is 4. The lowest BCUT2D eigenvalue weighted by molar-refractivity contribution is 0.0127. The van der Waals surface area contributed by atoms with Crippen LogP contribution in [-0.4, -0.2) is 66.6 Å². The predicted molar refractivity (Wildman–Crippen MR) is 76.6 cm³/mol. The Morgan fingerprint density at radius 2 is 2.12 bits per heavy atom. The van der Waals surface area contributed by atoms with Gasteiger partial charge in [0.2, 0.25) is 0 Å². The van der Waals surface area contributed by atoms with Crippen LogP contribution in [0.2, 0.25) is 0 Å². The average molecular weight is 257 g/mol. The molecule has 0 aromatic heterocycles. The van der Waals surface area contributed by atoms with E-state index in [0.29, 0.717) is 17.5 Å². The van der Waals surface area contributed by atoms with E-state index in [0.717, 1.165) is 13.1 Å². The van der Waals surface area contributed by atoms with Crippen LogP contribution < -0.4 is 5.73 Å². The fourth-order valence-corrected chi connectivity index (χ4v) is 4.81. The van der Waals surface area contributed by atoms with Gasteiger partial charge in [-0.15, -0.1) is 0 Å². The van der Waals surface area contributed by atoms with Gasteiger partial charge in [0, 0.05) is 44.0 Å². The average Bonchev–Trinajstić information content (AvgIpc) is 2.29. The Morgan fingerprint density at radius 1 is 1.35 bits per heavy atom. The summed E-state index contributed by atoms with van der Waals surface area (Å²) in [5.41, 5.74) is 6.43. The van der Waals surface area contributed by atoms with Crippen molar-refractivity contribution >= 4 is 11.8 Å². The molecule has 2 unspecified atom stereocenters. The van der Waals surface area contributed by atoms with E-state index in [4.69, 9.17) is 5.73 Å². The minimum Gasteiger partial charge on any atom is -0.329 e. The Hall–Kier alpha value is 0.230. The number of thioether (sulfide) groups is 1. The van der Waals surface area contributed by atoms with E-state index in [-0.39, 0.29) is 0 Å². The summed E-state index contributed by atoms with van der Waals surface area (Å²) >= 11 is 2.12. The molecular formula is C13H27N3S. The number of piperazine rings is 1. The minimum absolute atomic E-state index is 0.453. The molecule has 3 nitrogen and oxygen atoms in total. The molecule has 2 N–H and O–H groups in total. The standard InChI is InChI=1S/C13H27N3S/c1-13(2)4-7-17-10-12(13)16-6-5-15(3)9-11(16)8-14/h11-12H,4-10,14H2,1-3H3. The topological polar surface area (TPSA) is 32.5 Å². The molecule has 0 aliphatic carbocycles. The van der Waals surface area contributed by atoms with Crippen molar-refractivity contribution < 1.29 is 0 Å². The fourth-order valence-electron chi connectivity index (χ4n) is 3.11. The zero-order valence-electron chi connectivity index (χ0n) is 11.5. The first kappa shape index (κ1) is 13.7. The summed E-state index contributed by atoms with van der Waals surface area (Å²) in [6.45, 7) is 9.17. The number of nitrogens with zero attached hydrogens (tertiary/aromatic N) is 2. The largest absolute Gasteiger partial charge is 0.329 e. The molecule has 17 heavy (non-hydrogen) atoms. The number of likely N-dealkylation sites (N-methyl/N-ethyl adjacent to an activating group) is 1. The highest BCUT2D eigenvalue weighted by Crippen LogP contribution is 2.38. The summed E-state index contributed by atoms with van der Waals surface area (Å²) < 4.78 is 0. The Kier molecular flexibility index (Phi) is 4.40. The maximum Gasteiger partial charge on any atom is 0.0349 e. The fraction of sp³-hybridized carbons (Fsp3) is 1.00. The van der Waals surface area contributed by atoms with Crippen molar-refractivity contribution in [2.75, 3.05) is 44.7 Å². The molecule has 2 heterocycles. The molecule has 0 aromatic carbocycles. The summed E-state index contributed by atoms with van der Waals surface area (Å²) in [5, 5.41) is 0. The van der Waals surface area contributed by atoms with Gasteiger partial charge < -0.3 is 10.6 Å². The number of rotatable bonds is 2. The zero-order valence-corrected chi connectivity index (χ0v) is 12.3. The van der Waals surface area contributed by atoms with Crippen LogP contribution in [0.1, 0.15) is 20.3 Å². The smallest absolute Gasteiger partial charge is 0.0349 e. The van der Waals surface area contributed by atoms with E-state index in [1.54, 1.807) is 0 Å². The highest BCUT2D eigenvalue weighted by molar-refractivity contribution is 7.99. The van der Waals surface area contributed by atoms with Gasteiger partial charge in [-0.3, -0.25) is 4.90 Å². The second kappa shape index (κ2) is 5.47. The second-order valence-corrected chi connectivity index (χ2v) is 7.37. The van der Waals surface area contributed by atoms with Crippen LogP contribution in [-0.2, 0) is 0 Å². The van der Waals surface area contributed by atoms with Crippen LogP contribution in [0.4, 0.5) is 0 Å². The van der Waals surface area contributed by atoms with Gasteiger partial charge in [0.1, 0.15) is 0 Å². The Morgan fingerprint density at radius 3 is 2.76 bits per heavy atom. The Balaban J connectivity index is 2.08. The van der Waals surface area contributed by atoms with E-state index in [1.807, 2.05) is 0 Å². The van der Waals surface area contributed by atoms with Crippen molar-refractivity contribution in [3.63, 3.8) is 0 Å². The number of nitrogens with two attached hydrogens (primary N) is 1. The summed E-state index contributed by atoms with van der Waals surface area (Å²) in [4.78, 5) is 5.11. The van der Waals surface area contributed by atoms with E-state index >= 15 is 0 Å². The highest BCUT2D eigenvalue weighted by atomic mass is 32.2. The van der Waals surface area contributed by atoms with E-state index in [2.05, 4.69) is 42.5 Å². The van der Waals surface area contributed by atoms with Crippen LogP contribution in [0, 0.1) is 5.41 Å². The van der Waals surface area contributed by atoms with Crippen molar-refractivity contribution in [2.24, 2.45) is 11.1 Å². The van der Waals surface area contributed by atoms with Gasteiger partial charge in [-0.25, -0.2) is 0 Å². The van der Waals surface area contributed by atoms with Gasteiger partial charge in [-0.2, -0.15) is 11.8 Å². The van der Waals surface area contributed by atoms with Crippen molar-refractivity contribution in [1.29, 1.82) is 0 Å². The van der Waals surface area contributed by atoms with Crippen molar-refractivity contribution in [2.45, 2.75) is 32.4 Å². The summed E-state index contributed by atoms with van der Waals surface area (Å²) in [6.07, 6.45) is 1.34. The lowest BCUT2D eigenvalue weighted by Gasteiger charge is -2.51. The SMILES string of the molecule is CN1CCN(C2CSCCC2(C)C)C(CN)C1. The summed E-state index contributed by atoms with van der Waals surface area (Å²) in [7, 11) is 2.21. The first-order valence-corrected chi connectivity index (χ1v) is 7.92. The molecule has 2 rings (SSSR count). The molecule has 100 valence electrons. The van der Waals surface area contributed by atoms with Crippen LogP contribution in [0.25, 0.3) is 0 Å². The van der Waals surface area contributed by atoms with Crippen molar-refractivity contribution in [1.82, 2.24) is 9.80 Å². The molecule has 2 saturated heterocycles. The maximum absolute atomic E-state index is 5.98. The molecule has 0 amide bonds. The van der Waals surface area contributed by atoms with Crippen molar-refractivity contribution in [3.8, 4) is 0 Å². The predicted octanol–water partition coefficient (Wildman–Crippen LogP) is 1.09. The third kappa shape index (κ3) is 2.98. The summed E-state index contributed by atoms with van der Waals surface area (Å²) in [6, 6.07) is 1.26. The van der Waals surface area contributed by atoms with Crippen LogP contribution in [0.15, 0.2) is 0 Å². The van der Waals surface area contributed by atoms with E-state index < -0.39 is 0 Å². The second-order valence-electron chi connectivity index (χ2n) is 6.22. The van der Waals surface area contributed by atoms with Crippen molar-refractivity contribution in [3.05, 3.63) is 0 Å². The lowest BCUT2D eigenvalue weighted by atomic mass is 9.80. The first-order chi connectivity index (χ1) is 8.04. The molecule has 4 heteroatoms. The summed E-state index contributed by atoms with van der Waals surface area (Å²) in [5.74, 6) is 2.61. The molecule has 0 saturated carbocycles. The Labute approximate surface area is 110 Å². The molecule has 2 fully saturated rings. The molecule has 2 aliphatic heterocycles. The van der Waals surface area contributed by atoms with Gasteiger partial charge in [0.05, 0.1) is 0 Å². The monoisotopic (exact) mass is 257 g/mol. The van der Waals surface area contributed by atoms with Gasteiger partial charge in [-0.1, -0.05) is 13.8 Å². The highest BCUT2D eigenvalue weighted by Gasteiger charge is 2.40. The van der Waals surface area contributed by atoms with Gasteiger partial charge in [0.15, 0.2) is 0 Å². The molecule has 2 atom stereocenters. The van der Waals surface area contributed by atoms with E-state index in [1.165, 1.54) is 31.0 Å². The third-order valence-electron chi connectivity index (χ3n) is 4.47. The maximum atomic E-state index is 5.98. The molecule has 0 aromatic rings. The van der Waals surface area contributed by atoms with Gasteiger partial charge >= 0.3 is 0 Å².